The second kappa shape index (κ2) is 7.43. The molecule has 0 radical (unpaired) electrons. The van der Waals surface area contributed by atoms with Crippen LogP contribution in [-0.4, -0.2) is 27.2 Å². The molecule has 7 heteroatoms. The number of benzene rings is 1. The molecular weight excluding hydrogens is 334 g/mol. The third-order valence-corrected chi connectivity index (χ3v) is 4.34. The van der Waals surface area contributed by atoms with Crippen LogP contribution in [0.3, 0.4) is 0 Å². The van der Waals surface area contributed by atoms with E-state index in [4.69, 9.17) is 9.84 Å². The first kappa shape index (κ1) is 17.7. The zero-order valence-corrected chi connectivity index (χ0v) is 14.7. The van der Waals surface area contributed by atoms with E-state index in [0.717, 1.165) is 36.0 Å². The predicted octanol–water partition coefficient (Wildman–Crippen LogP) is 3.15. The van der Waals surface area contributed by atoms with Crippen LogP contribution < -0.4 is 15.6 Å². The number of ether oxygens (including phenoxy) is 1. The van der Waals surface area contributed by atoms with E-state index in [1.807, 2.05) is 44.3 Å². The second-order valence-electron chi connectivity index (χ2n) is 6.14. The van der Waals surface area contributed by atoms with Gasteiger partial charge in [0, 0.05) is 35.8 Å². The maximum Gasteiger partial charge on any atom is 0.342 e. The highest BCUT2D eigenvalue weighted by Gasteiger charge is 2.25. The molecule has 1 unspecified atom stereocenters. The summed E-state index contributed by atoms with van der Waals surface area (Å²) in [6.45, 7) is 4.42. The topological polar surface area (TPSA) is 93.4 Å². The average molecular weight is 355 g/mol. The Morgan fingerprint density at radius 3 is 3.04 bits per heavy atom. The first-order chi connectivity index (χ1) is 12.5. The number of allylic oxidation sites excluding steroid dienone is 1. The van der Waals surface area contributed by atoms with Crippen molar-refractivity contribution in [3.8, 4) is 5.75 Å². The van der Waals surface area contributed by atoms with Gasteiger partial charge in [0.15, 0.2) is 0 Å². The van der Waals surface area contributed by atoms with Crippen molar-refractivity contribution in [2.24, 2.45) is 0 Å². The Kier molecular flexibility index (Phi) is 5.06. The zero-order valence-electron chi connectivity index (χ0n) is 14.7. The minimum atomic E-state index is -1.26. The molecule has 1 aliphatic heterocycles. The molecule has 7 nitrogen and oxygen atoms in total. The van der Waals surface area contributed by atoms with Gasteiger partial charge in [0.1, 0.15) is 17.1 Å². The Hall–Kier alpha value is -3.09. The number of carbonyl (C=O) groups is 1. The number of aromatic carboxylic acids is 1. The number of rotatable bonds is 5. The lowest BCUT2D eigenvalue weighted by atomic mass is 10.0. The molecule has 0 aliphatic carbocycles. The van der Waals surface area contributed by atoms with E-state index >= 15 is 0 Å². The highest BCUT2D eigenvalue weighted by Crippen LogP contribution is 2.30. The number of fused-ring (bicyclic) bond motifs is 1. The lowest BCUT2D eigenvalue weighted by molar-refractivity contribution is 0.0693. The van der Waals surface area contributed by atoms with Crippen LogP contribution >= 0.6 is 0 Å². The van der Waals surface area contributed by atoms with Crippen LogP contribution in [0.2, 0.25) is 0 Å². The second-order valence-corrected chi connectivity index (χ2v) is 6.14. The number of hydrogen-bond acceptors (Lipinski definition) is 5. The lowest BCUT2D eigenvalue weighted by Crippen LogP contribution is -2.34. The Morgan fingerprint density at radius 1 is 1.50 bits per heavy atom. The minimum Gasteiger partial charge on any atom is -0.494 e. The van der Waals surface area contributed by atoms with Crippen molar-refractivity contribution in [3.63, 3.8) is 0 Å². The van der Waals surface area contributed by atoms with Crippen LogP contribution in [0.25, 0.3) is 5.57 Å². The van der Waals surface area contributed by atoms with Crippen molar-refractivity contribution in [1.29, 1.82) is 0 Å². The van der Waals surface area contributed by atoms with E-state index < -0.39 is 11.5 Å². The summed E-state index contributed by atoms with van der Waals surface area (Å²) in [6.07, 6.45) is 4.44. The van der Waals surface area contributed by atoms with Crippen molar-refractivity contribution >= 4 is 17.2 Å². The van der Waals surface area contributed by atoms with Crippen LogP contribution in [0.15, 0.2) is 41.5 Å². The number of aromatic nitrogens is 2. The molecule has 1 aromatic carbocycles. The van der Waals surface area contributed by atoms with E-state index in [-0.39, 0.29) is 11.6 Å². The minimum absolute atomic E-state index is 0.0947. The molecule has 26 heavy (non-hydrogen) atoms. The van der Waals surface area contributed by atoms with E-state index in [1.54, 1.807) is 0 Å². The molecule has 2 aromatic rings. The summed E-state index contributed by atoms with van der Waals surface area (Å²) in [7, 11) is 0. The summed E-state index contributed by atoms with van der Waals surface area (Å²) >= 11 is 0. The lowest BCUT2D eigenvalue weighted by Gasteiger charge is -2.26. The fourth-order valence-electron chi connectivity index (χ4n) is 3.02. The summed E-state index contributed by atoms with van der Waals surface area (Å²) in [5, 5.41) is 12.4. The first-order valence-electron chi connectivity index (χ1n) is 8.55. The van der Waals surface area contributed by atoms with E-state index in [0.29, 0.717) is 12.4 Å². The molecule has 0 saturated heterocycles. The third kappa shape index (κ3) is 3.46. The van der Waals surface area contributed by atoms with Gasteiger partial charge >= 0.3 is 5.97 Å². The molecule has 0 amide bonds. The highest BCUT2D eigenvalue weighted by molar-refractivity contribution is 5.87. The van der Waals surface area contributed by atoms with E-state index in [1.165, 1.54) is 4.57 Å². The highest BCUT2D eigenvalue weighted by atomic mass is 16.5. The van der Waals surface area contributed by atoms with Gasteiger partial charge in [0.05, 0.1) is 6.61 Å². The summed E-state index contributed by atoms with van der Waals surface area (Å²) < 4.78 is 6.96. The molecule has 0 fully saturated rings. The molecule has 0 saturated carbocycles. The van der Waals surface area contributed by atoms with Crippen LogP contribution in [0.5, 0.6) is 5.75 Å². The molecular formula is C19H21N3O4. The quantitative estimate of drug-likeness (QED) is 0.856. The first-order valence-corrected chi connectivity index (χ1v) is 8.55. The Labute approximate surface area is 151 Å². The predicted molar refractivity (Wildman–Crippen MR) is 98.6 cm³/mol. The van der Waals surface area contributed by atoms with Gasteiger partial charge in [0.25, 0.3) is 5.56 Å². The summed E-state index contributed by atoms with van der Waals surface area (Å²) in [5.41, 5.74) is 0.898. The van der Waals surface area contributed by atoms with Gasteiger partial charge in [-0.3, -0.25) is 9.36 Å². The SMILES string of the molecule is CCOc1cccc(NC=C2CCC(C)n3c2ncc(C(=O)O)c3=O)c1. The van der Waals surface area contributed by atoms with E-state index in [2.05, 4.69) is 10.3 Å². The molecule has 1 aliphatic rings. The summed E-state index contributed by atoms with van der Waals surface area (Å²) in [5.74, 6) is 0.0215. The normalized spacial score (nSPS) is 17.6. The van der Waals surface area contributed by atoms with Gasteiger partial charge < -0.3 is 15.2 Å². The van der Waals surface area contributed by atoms with Gasteiger partial charge in [-0.15, -0.1) is 0 Å². The van der Waals surface area contributed by atoms with Crippen molar-refractivity contribution in [3.05, 3.63) is 58.4 Å². The molecule has 2 N–H and O–H groups in total. The maximum absolute atomic E-state index is 12.5. The molecule has 0 bridgehead atoms. The van der Waals surface area contributed by atoms with Gasteiger partial charge in [-0.25, -0.2) is 9.78 Å². The van der Waals surface area contributed by atoms with Crippen molar-refractivity contribution in [2.75, 3.05) is 11.9 Å². The Balaban J connectivity index is 1.94. The van der Waals surface area contributed by atoms with Gasteiger partial charge in [-0.05, 0) is 38.8 Å². The van der Waals surface area contributed by atoms with Gasteiger partial charge in [0.2, 0.25) is 0 Å². The number of carboxylic acid groups (broad SMARTS) is 1. The summed E-state index contributed by atoms with van der Waals surface area (Å²) in [4.78, 5) is 27.9. The fraction of sp³-hybridized carbons (Fsp3) is 0.316. The number of nitrogens with zero attached hydrogens (tertiary/aromatic N) is 2. The standard InChI is InChI=1S/C19H21N3O4/c1-3-26-15-6-4-5-14(9-15)20-10-13-8-7-12(2)22-17(13)21-11-16(18(22)23)19(24)25/h4-6,9-12,20H,3,7-8H2,1-2H3,(H,24,25). The fourth-order valence-corrected chi connectivity index (χ4v) is 3.02. The Bertz CT molecular complexity index is 917. The van der Waals surface area contributed by atoms with Crippen LogP contribution in [-0.2, 0) is 0 Å². The van der Waals surface area contributed by atoms with Crippen molar-refractivity contribution in [2.45, 2.75) is 32.7 Å². The zero-order chi connectivity index (χ0) is 18.7. The molecule has 136 valence electrons. The number of nitrogens with one attached hydrogen (secondary N) is 1. The van der Waals surface area contributed by atoms with Crippen LogP contribution in [0.4, 0.5) is 5.69 Å². The monoisotopic (exact) mass is 355 g/mol. The number of carboxylic acids is 1. The number of hydrogen-bond donors (Lipinski definition) is 2. The molecule has 0 spiro atoms. The largest absolute Gasteiger partial charge is 0.494 e. The van der Waals surface area contributed by atoms with E-state index in [9.17, 15) is 9.59 Å². The number of anilines is 1. The summed E-state index contributed by atoms with van der Waals surface area (Å²) in [6, 6.07) is 7.49. The molecule has 1 atom stereocenters. The maximum atomic E-state index is 12.5. The third-order valence-electron chi connectivity index (χ3n) is 4.34. The van der Waals surface area contributed by atoms with Crippen LogP contribution in [0, 0.1) is 0 Å². The van der Waals surface area contributed by atoms with Crippen molar-refractivity contribution < 1.29 is 14.6 Å². The van der Waals surface area contributed by atoms with Gasteiger partial charge in [-0.2, -0.15) is 0 Å². The smallest absolute Gasteiger partial charge is 0.342 e. The molecule has 2 heterocycles. The van der Waals surface area contributed by atoms with Crippen molar-refractivity contribution in [1.82, 2.24) is 9.55 Å². The average Bonchev–Trinajstić information content (AvgIpc) is 2.61. The molecule has 3 rings (SSSR count). The molecule has 1 aromatic heterocycles. The van der Waals surface area contributed by atoms with Crippen LogP contribution in [0.1, 0.15) is 48.9 Å². The van der Waals surface area contributed by atoms with Gasteiger partial charge in [-0.1, -0.05) is 6.07 Å². The Morgan fingerprint density at radius 2 is 2.31 bits per heavy atom.